The second-order valence-electron chi connectivity index (χ2n) is 6.79. The molecule has 0 aromatic rings. The van der Waals surface area contributed by atoms with Gasteiger partial charge in [-0.25, -0.2) is 0 Å². The molecule has 5 aliphatic rings. The smallest absolute Gasteiger partial charge is 0.223 e. The van der Waals surface area contributed by atoms with Gasteiger partial charge in [-0.15, -0.1) is 0 Å². The number of hydrogen-bond donors (Lipinski definition) is 1. The molecule has 5 aliphatic carbocycles. The number of Topliss-reactive ketones (excluding diaryl/α,β-unsaturated/α-hetero) is 1. The molecule has 1 N–H and O–H groups in total. The number of ketones is 1. The first-order valence-electron chi connectivity index (χ1n) is 7.01. The van der Waals surface area contributed by atoms with Crippen LogP contribution in [0, 0.1) is 23.7 Å². The molecular formula is C14H19NO2. The van der Waals surface area contributed by atoms with Crippen LogP contribution in [0.2, 0.25) is 0 Å². The van der Waals surface area contributed by atoms with Crippen LogP contribution in [-0.4, -0.2) is 17.2 Å². The minimum atomic E-state index is 0.00405. The van der Waals surface area contributed by atoms with Gasteiger partial charge in [-0.3, -0.25) is 9.59 Å². The molecule has 0 aromatic heterocycles. The van der Waals surface area contributed by atoms with Crippen molar-refractivity contribution in [3.63, 3.8) is 0 Å². The van der Waals surface area contributed by atoms with E-state index in [1.807, 2.05) is 0 Å². The van der Waals surface area contributed by atoms with Crippen LogP contribution in [-0.2, 0) is 9.59 Å². The summed E-state index contributed by atoms with van der Waals surface area (Å²) in [6.45, 7) is 0. The number of carbonyl (C=O) groups is 2. The molecule has 0 spiro atoms. The molecule has 4 bridgehead atoms. The highest BCUT2D eigenvalue weighted by Gasteiger charge is 2.56. The van der Waals surface area contributed by atoms with E-state index >= 15 is 0 Å². The van der Waals surface area contributed by atoms with E-state index in [2.05, 4.69) is 5.32 Å². The second-order valence-corrected chi connectivity index (χ2v) is 6.79. The van der Waals surface area contributed by atoms with Gasteiger partial charge in [0.25, 0.3) is 0 Å². The van der Waals surface area contributed by atoms with E-state index in [4.69, 9.17) is 0 Å². The molecule has 2 atom stereocenters. The minimum absolute atomic E-state index is 0.00405. The van der Waals surface area contributed by atoms with E-state index in [1.165, 1.54) is 0 Å². The summed E-state index contributed by atoms with van der Waals surface area (Å²) in [5, 5.41) is 3.32. The van der Waals surface area contributed by atoms with Gasteiger partial charge in [0, 0.05) is 23.3 Å². The molecule has 2 unspecified atom stereocenters. The number of carbonyl (C=O) groups excluding carboxylic acids is 2. The SMILES string of the molecule is O=C(NC12CC3CC(C1)C(=O)C(C3)C2)C1CC1. The van der Waals surface area contributed by atoms with Gasteiger partial charge in [-0.2, -0.15) is 0 Å². The van der Waals surface area contributed by atoms with Crippen molar-refractivity contribution in [2.75, 3.05) is 0 Å². The zero-order chi connectivity index (χ0) is 11.6. The summed E-state index contributed by atoms with van der Waals surface area (Å²) in [6.07, 6.45) is 7.31. The molecule has 3 heteroatoms. The molecule has 5 rings (SSSR count). The number of rotatable bonds is 2. The zero-order valence-electron chi connectivity index (χ0n) is 10.1. The van der Waals surface area contributed by atoms with Crippen LogP contribution in [0.3, 0.4) is 0 Å². The lowest BCUT2D eigenvalue weighted by Crippen LogP contribution is -2.62. The molecule has 3 nitrogen and oxygen atoms in total. The Labute approximate surface area is 101 Å². The second kappa shape index (κ2) is 3.12. The van der Waals surface area contributed by atoms with E-state index < -0.39 is 0 Å². The van der Waals surface area contributed by atoms with E-state index in [0.29, 0.717) is 17.6 Å². The lowest BCUT2D eigenvalue weighted by molar-refractivity contribution is -0.146. The Morgan fingerprint density at radius 2 is 1.76 bits per heavy atom. The Morgan fingerprint density at radius 3 is 2.35 bits per heavy atom. The van der Waals surface area contributed by atoms with Crippen molar-refractivity contribution in [3.05, 3.63) is 0 Å². The van der Waals surface area contributed by atoms with Gasteiger partial charge >= 0.3 is 0 Å². The summed E-state index contributed by atoms with van der Waals surface area (Å²) < 4.78 is 0. The molecule has 5 fully saturated rings. The minimum Gasteiger partial charge on any atom is -0.350 e. The highest BCUT2D eigenvalue weighted by Crippen LogP contribution is 2.54. The third-order valence-corrected chi connectivity index (χ3v) is 5.33. The van der Waals surface area contributed by atoms with Crippen molar-refractivity contribution in [2.45, 2.75) is 50.5 Å². The predicted octanol–water partition coefficient (Wildman–Crippen LogP) is 1.66. The van der Waals surface area contributed by atoms with Crippen molar-refractivity contribution in [1.29, 1.82) is 0 Å². The van der Waals surface area contributed by atoms with Gasteiger partial charge < -0.3 is 5.32 Å². The lowest BCUT2D eigenvalue weighted by atomic mass is 9.52. The lowest BCUT2D eigenvalue weighted by Gasteiger charge is -2.55. The van der Waals surface area contributed by atoms with E-state index in [0.717, 1.165) is 44.9 Å². The summed E-state index contributed by atoms with van der Waals surface area (Å²) in [4.78, 5) is 24.0. The van der Waals surface area contributed by atoms with Crippen molar-refractivity contribution < 1.29 is 9.59 Å². The van der Waals surface area contributed by atoms with Gasteiger partial charge in [-0.1, -0.05) is 0 Å². The first-order chi connectivity index (χ1) is 8.15. The Balaban J connectivity index is 1.57. The highest BCUT2D eigenvalue weighted by molar-refractivity contribution is 5.87. The van der Waals surface area contributed by atoms with Gasteiger partial charge in [0.05, 0.1) is 0 Å². The number of hydrogen-bond acceptors (Lipinski definition) is 2. The third kappa shape index (κ3) is 1.47. The van der Waals surface area contributed by atoms with E-state index in [-0.39, 0.29) is 23.3 Å². The van der Waals surface area contributed by atoms with Gasteiger partial charge in [0.15, 0.2) is 0 Å². The fraction of sp³-hybridized carbons (Fsp3) is 0.857. The standard InChI is InChI=1S/C14H19NO2/c16-12-10-3-8-4-11(12)7-14(5-8,6-10)15-13(17)9-1-2-9/h8-11H,1-7H2,(H,15,17). The van der Waals surface area contributed by atoms with Crippen LogP contribution >= 0.6 is 0 Å². The van der Waals surface area contributed by atoms with Crippen LogP contribution < -0.4 is 5.32 Å². The largest absolute Gasteiger partial charge is 0.350 e. The molecule has 5 saturated carbocycles. The first-order valence-corrected chi connectivity index (χ1v) is 7.01. The number of nitrogens with one attached hydrogen (secondary N) is 1. The van der Waals surface area contributed by atoms with Crippen LogP contribution in [0.15, 0.2) is 0 Å². The Hall–Kier alpha value is -0.860. The summed E-state index contributed by atoms with van der Waals surface area (Å²) in [6, 6.07) is 0. The molecule has 92 valence electrons. The zero-order valence-corrected chi connectivity index (χ0v) is 10.1. The molecule has 0 radical (unpaired) electrons. The van der Waals surface area contributed by atoms with Crippen LogP contribution in [0.1, 0.15) is 44.9 Å². The summed E-state index contributed by atoms with van der Waals surface area (Å²) in [5.74, 6) is 2.28. The maximum Gasteiger partial charge on any atom is 0.223 e. The topological polar surface area (TPSA) is 46.2 Å². The fourth-order valence-corrected chi connectivity index (χ4v) is 4.61. The van der Waals surface area contributed by atoms with Gasteiger partial charge in [-0.05, 0) is 50.9 Å². The molecule has 1 amide bonds. The van der Waals surface area contributed by atoms with Crippen molar-refractivity contribution in [2.24, 2.45) is 23.7 Å². The molecule has 0 heterocycles. The average Bonchev–Trinajstić information content (AvgIpc) is 3.07. The molecule has 0 saturated heterocycles. The Bertz CT molecular complexity index is 381. The van der Waals surface area contributed by atoms with E-state index in [1.54, 1.807) is 0 Å². The summed E-state index contributed by atoms with van der Waals surface area (Å²) >= 11 is 0. The molecule has 0 aromatic carbocycles. The monoisotopic (exact) mass is 233 g/mol. The summed E-state index contributed by atoms with van der Waals surface area (Å²) in [7, 11) is 0. The molecule has 0 aliphatic heterocycles. The predicted molar refractivity (Wildman–Crippen MR) is 62.2 cm³/mol. The maximum atomic E-state index is 12.0. The fourth-order valence-electron chi connectivity index (χ4n) is 4.61. The molecule has 17 heavy (non-hydrogen) atoms. The van der Waals surface area contributed by atoms with Crippen LogP contribution in [0.25, 0.3) is 0 Å². The Kier molecular flexibility index (Phi) is 1.85. The maximum absolute atomic E-state index is 12.0. The van der Waals surface area contributed by atoms with E-state index in [9.17, 15) is 9.59 Å². The average molecular weight is 233 g/mol. The number of amides is 1. The van der Waals surface area contributed by atoms with Crippen LogP contribution in [0.5, 0.6) is 0 Å². The quantitative estimate of drug-likeness (QED) is 0.788. The first kappa shape index (κ1) is 10.1. The third-order valence-electron chi connectivity index (χ3n) is 5.33. The van der Waals surface area contributed by atoms with Gasteiger partial charge in [0.1, 0.15) is 5.78 Å². The Morgan fingerprint density at radius 1 is 1.12 bits per heavy atom. The summed E-state index contributed by atoms with van der Waals surface area (Å²) in [5.41, 5.74) is 0.00405. The normalized spacial score (nSPS) is 47.3. The van der Waals surface area contributed by atoms with Crippen molar-refractivity contribution in [3.8, 4) is 0 Å². The highest BCUT2D eigenvalue weighted by atomic mass is 16.2. The molecular weight excluding hydrogens is 214 g/mol. The van der Waals surface area contributed by atoms with Crippen molar-refractivity contribution >= 4 is 11.7 Å². The van der Waals surface area contributed by atoms with Crippen LogP contribution in [0.4, 0.5) is 0 Å². The van der Waals surface area contributed by atoms with Gasteiger partial charge in [0.2, 0.25) is 5.91 Å². The van der Waals surface area contributed by atoms with Crippen molar-refractivity contribution in [1.82, 2.24) is 5.32 Å².